The lowest BCUT2D eigenvalue weighted by Crippen LogP contribution is -2.08. The molecule has 0 aliphatic heterocycles. The first-order valence-electron chi connectivity index (χ1n) is 6.34. The first-order valence-corrected chi connectivity index (χ1v) is 6.34. The van der Waals surface area contributed by atoms with Crippen LogP contribution in [0.2, 0.25) is 0 Å². The monoisotopic (exact) mass is 241 g/mol. The number of benzene rings is 2. The van der Waals surface area contributed by atoms with E-state index < -0.39 is 0 Å². The highest BCUT2D eigenvalue weighted by Gasteiger charge is 2.22. The van der Waals surface area contributed by atoms with Crippen LogP contribution < -0.4 is 5.32 Å². The Balaban J connectivity index is 1.86. The molecule has 0 aromatic heterocycles. The third-order valence-corrected chi connectivity index (χ3v) is 3.59. The zero-order valence-corrected chi connectivity index (χ0v) is 10.4. The van der Waals surface area contributed by atoms with E-state index in [1.165, 1.54) is 11.1 Å². The number of nitrogens with one attached hydrogen (secondary N) is 1. The fraction of sp³-hybridized carbons (Fsp3) is 0.250. The summed E-state index contributed by atoms with van der Waals surface area (Å²) in [6, 6.07) is 14.0. The van der Waals surface area contributed by atoms with Gasteiger partial charge >= 0.3 is 0 Å². The van der Waals surface area contributed by atoms with Gasteiger partial charge in [-0.25, -0.2) is 4.39 Å². The van der Waals surface area contributed by atoms with Crippen LogP contribution in [0.4, 0.5) is 10.1 Å². The lowest BCUT2D eigenvalue weighted by Gasteiger charge is -2.16. The molecule has 1 atom stereocenters. The molecule has 18 heavy (non-hydrogen) atoms. The lowest BCUT2D eigenvalue weighted by atomic mass is 10.1. The SMILES string of the molecule is Cc1ccc(NC2CCc3ccccc32)c(F)c1. The van der Waals surface area contributed by atoms with Crippen molar-refractivity contribution in [3.8, 4) is 0 Å². The Morgan fingerprint density at radius 1 is 1.17 bits per heavy atom. The number of fused-ring (bicyclic) bond motifs is 1. The van der Waals surface area contributed by atoms with Gasteiger partial charge in [0.15, 0.2) is 0 Å². The standard InChI is InChI=1S/C16H16FN/c1-11-6-8-16(14(17)10-11)18-15-9-7-12-4-2-3-5-13(12)15/h2-6,8,10,15,18H,7,9H2,1H3. The highest BCUT2D eigenvalue weighted by molar-refractivity contribution is 5.50. The molecule has 0 amide bonds. The van der Waals surface area contributed by atoms with Gasteiger partial charge in [-0.05, 0) is 48.6 Å². The summed E-state index contributed by atoms with van der Waals surface area (Å²) in [6.45, 7) is 1.90. The van der Waals surface area contributed by atoms with Crippen molar-refractivity contribution in [2.45, 2.75) is 25.8 Å². The third-order valence-electron chi connectivity index (χ3n) is 3.59. The van der Waals surface area contributed by atoms with E-state index in [1.807, 2.05) is 25.1 Å². The van der Waals surface area contributed by atoms with Crippen LogP contribution in [-0.4, -0.2) is 0 Å². The zero-order valence-electron chi connectivity index (χ0n) is 10.4. The molecule has 0 heterocycles. The quantitative estimate of drug-likeness (QED) is 0.829. The van der Waals surface area contributed by atoms with Crippen LogP contribution in [0.3, 0.4) is 0 Å². The van der Waals surface area contributed by atoms with Crippen LogP contribution in [0.15, 0.2) is 42.5 Å². The number of aryl methyl sites for hydroxylation is 2. The summed E-state index contributed by atoms with van der Waals surface area (Å²) in [5.74, 6) is -0.167. The number of halogens is 1. The van der Waals surface area contributed by atoms with Gasteiger partial charge in [0.2, 0.25) is 0 Å². The van der Waals surface area contributed by atoms with Gasteiger partial charge in [-0.1, -0.05) is 30.3 Å². The molecule has 0 radical (unpaired) electrons. The number of anilines is 1. The summed E-state index contributed by atoms with van der Waals surface area (Å²) in [7, 11) is 0. The molecule has 2 aromatic carbocycles. The summed E-state index contributed by atoms with van der Waals surface area (Å²) < 4.78 is 13.8. The topological polar surface area (TPSA) is 12.0 Å². The first-order chi connectivity index (χ1) is 8.74. The summed E-state index contributed by atoms with van der Waals surface area (Å²) in [6.07, 6.45) is 2.11. The number of hydrogen-bond donors (Lipinski definition) is 1. The van der Waals surface area contributed by atoms with E-state index in [4.69, 9.17) is 0 Å². The molecule has 1 aliphatic rings. The second kappa shape index (κ2) is 4.45. The summed E-state index contributed by atoms with van der Waals surface area (Å²) in [5, 5.41) is 3.32. The third kappa shape index (κ3) is 1.99. The van der Waals surface area contributed by atoms with Gasteiger partial charge in [0, 0.05) is 0 Å². The van der Waals surface area contributed by atoms with Gasteiger partial charge in [-0.15, -0.1) is 0 Å². The fourth-order valence-corrected chi connectivity index (χ4v) is 2.63. The second-order valence-electron chi connectivity index (χ2n) is 4.92. The van der Waals surface area contributed by atoms with Crippen molar-refractivity contribution in [3.63, 3.8) is 0 Å². The molecule has 0 spiro atoms. The van der Waals surface area contributed by atoms with Crippen LogP contribution in [-0.2, 0) is 6.42 Å². The molecular formula is C16H16FN. The molecule has 0 fully saturated rings. The van der Waals surface area contributed by atoms with E-state index in [-0.39, 0.29) is 11.9 Å². The largest absolute Gasteiger partial charge is 0.376 e. The normalized spacial score (nSPS) is 17.6. The average Bonchev–Trinajstić information content (AvgIpc) is 2.76. The molecule has 0 saturated heterocycles. The Hall–Kier alpha value is -1.83. The van der Waals surface area contributed by atoms with Gasteiger partial charge in [0.1, 0.15) is 5.82 Å². The molecule has 92 valence electrons. The predicted molar refractivity (Wildman–Crippen MR) is 72.3 cm³/mol. The molecule has 2 aromatic rings. The van der Waals surface area contributed by atoms with Crippen LogP contribution >= 0.6 is 0 Å². The lowest BCUT2D eigenvalue weighted by molar-refractivity contribution is 0.623. The molecule has 3 rings (SSSR count). The summed E-state index contributed by atoms with van der Waals surface area (Å²) in [5.41, 5.74) is 4.23. The van der Waals surface area contributed by atoms with E-state index in [9.17, 15) is 4.39 Å². The van der Waals surface area contributed by atoms with Crippen molar-refractivity contribution in [3.05, 3.63) is 65.0 Å². The van der Waals surface area contributed by atoms with E-state index in [1.54, 1.807) is 6.07 Å². The van der Waals surface area contributed by atoms with Gasteiger partial charge in [0.05, 0.1) is 11.7 Å². The number of rotatable bonds is 2. The van der Waals surface area contributed by atoms with Crippen molar-refractivity contribution in [1.29, 1.82) is 0 Å². The van der Waals surface area contributed by atoms with Gasteiger partial charge in [-0.3, -0.25) is 0 Å². The maximum Gasteiger partial charge on any atom is 0.146 e. The molecule has 2 heteroatoms. The number of hydrogen-bond acceptors (Lipinski definition) is 1. The van der Waals surface area contributed by atoms with Crippen LogP contribution in [0.25, 0.3) is 0 Å². The molecule has 0 saturated carbocycles. The maximum atomic E-state index is 13.8. The minimum absolute atomic E-state index is 0.167. The Kier molecular flexibility index (Phi) is 2.78. The van der Waals surface area contributed by atoms with Crippen molar-refractivity contribution in [2.24, 2.45) is 0 Å². The van der Waals surface area contributed by atoms with Crippen molar-refractivity contribution < 1.29 is 4.39 Å². The van der Waals surface area contributed by atoms with E-state index >= 15 is 0 Å². The van der Waals surface area contributed by atoms with Crippen LogP contribution in [0, 0.1) is 12.7 Å². The summed E-state index contributed by atoms with van der Waals surface area (Å²) in [4.78, 5) is 0. The van der Waals surface area contributed by atoms with Gasteiger partial charge < -0.3 is 5.32 Å². The Morgan fingerprint density at radius 3 is 2.83 bits per heavy atom. The molecular weight excluding hydrogens is 225 g/mol. The average molecular weight is 241 g/mol. The first kappa shape index (κ1) is 11.3. The van der Waals surface area contributed by atoms with E-state index in [0.717, 1.165) is 18.4 Å². The fourth-order valence-electron chi connectivity index (χ4n) is 2.63. The van der Waals surface area contributed by atoms with Crippen molar-refractivity contribution in [2.75, 3.05) is 5.32 Å². The minimum atomic E-state index is -0.167. The van der Waals surface area contributed by atoms with E-state index in [0.29, 0.717) is 5.69 Å². The molecule has 1 N–H and O–H groups in total. The Morgan fingerprint density at radius 2 is 2.00 bits per heavy atom. The second-order valence-corrected chi connectivity index (χ2v) is 4.92. The van der Waals surface area contributed by atoms with Crippen LogP contribution in [0.1, 0.15) is 29.2 Å². The van der Waals surface area contributed by atoms with Gasteiger partial charge in [0.25, 0.3) is 0 Å². The zero-order chi connectivity index (χ0) is 12.5. The van der Waals surface area contributed by atoms with Crippen molar-refractivity contribution in [1.82, 2.24) is 0 Å². The minimum Gasteiger partial charge on any atom is -0.376 e. The van der Waals surface area contributed by atoms with Crippen molar-refractivity contribution >= 4 is 5.69 Å². The highest BCUT2D eigenvalue weighted by Crippen LogP contribution is 2.34. The summed E-state index contributed by atoms with van der Waals surface area (Å²) >= 11 is 0. The maximum absolute atomic E-state index is 13.8. The molecule has 1 unspecified atom stereocenters. The van der Waals surface area contributed by atoms with Crippen LogP contribution in [0.5, 0.6) is 0 Å². The highest BCUT2D eigenvalue weighted by atomic mass is 19.1. The molecule has 1 aliphatic carbocycles. The smallest absolute Gasteiger partial charge is 0.146 e. The van der Waals surface area contributed by atoms with Gasteiger partial charge in [-0.2, -0.15) is 0 Å². The molecule has 1 nitrogen and oxygen atoms in total. The Bertz CT molecular complexity index is 577. The Labute approximate surface area is 107 Å². The predicted octanol–water partition coefficient (Wildman–Crippen LogP) is 4.23. The van der Waals surface area contributed by atoms with E-state index in [2.05, 4.69) is 23.5 Å². The molecule has 0 bridgehead atoms.